The minimum Gasteiger partial charge on any atom is -0.236 e. The topological polar surface area (TPSA) is 30.2 Å². The van der Waals surface area contributed by atoms with Crippen molar-refractivity contribution < 1.29 is 0 Å². The standard InChI is InChI=1S/C31H22BrN3/c1-21-30(24-12-9-13-25(32)19-24)31(35(34-21)26-14-3-2-4-15-26)33-20-29-27-16-7-5-10-22(27)18-23-11-6-8-17-28(23)29/h2-20H,1H3/b33-20+. The molecular weight excluding hydrogens is 494 g/mol. The highest BCUT2D eigenvalue weighted by Crippen LogP contribution is 2.37. The van der Waals surface area contributed by atoms with Crippen LogP contribution >= 0.6 is 15.9 Å². The van der Waals surface area contributed by atoms with Crippen molar-refractivity contribution in [1.29, 1.82) is 0 Å². The second-order valence-corrected chi connectivity index (χ2v) is 9.45. The van der Waals surface area contributed by atoms with E-state index in [9.17, 15) is 0 Å². The lowest BCUT2D eigenvalue weighted by Crippen LogP contribution is -1.96. The third kappa shape index (κ3) is 3.96. The Balaban J connectivity index is 1.62. The van der Waals surface area contributed by atoms with Crippen LogP contribution in [0.4, 0.5) is 5.82 Å². The van der Waals surface area contributed by atoms with E-state index in [-0.39, 0.29) is 0 Å². The number of halogens is 1. The SMILES string of the molecule is Cc1nn(-c2ccccc2)c(/N=C/c2c3ccccc3cc3ccccc23)c1-c1cccc(Br)c1. The molecule has 0 saturated heterocycles. The Morgan fingerprint density at radius 3 is 2.09 bits per heavy atom. The number of aliphatic imine (C=N–C) groups is 1. The van der Waals surface area contributed by atoms with Gasteiger partial charge in [0.1, 0.15) is 0 Å². The molecule has 168 valence electrons. The molecule has 6 aromatic rings. The molecule has 0 N–H and O–H groups in total. The average Bonchev–Trinajstić information content (AvgIpc) is 3.23. The van der Waals surface area contributed by atoms with Crippen LogP contribution < -0.4 is 0 Å². The molecule has 0 fully saturated rings. The molecule has 0 unspecified atom stereocenters. The first-order valence-electron chi connectivity index (χ1n) is 11.5. The van der Waals surface area contributed by atoms with Crippen molar-refractivity contribution in [2.45, 2.75) is 6.92 Å². The van der Waals surface area contributed by atoms with Crippen LogP contribution in [0.5, 0.6) is 0 Å². The lowest BCUT2D eigenvalue weighted by Gasteiger charge is -2.09. The molecule has 0 radical (unpaired) electrons. The highest BCUT2D eigenvalue weighted by atomic mass is 79.9. The van der Waals surface area contributed by atoms with Crippen LogP contribution in [0.1, 0.15) is 11.3 Å². The molecule has 1 aromatic heterocycles. The van der Waals surface area contributed by atoms with E-state index >= 15 is 0 Å². The molecule has 0 aliphatic rings. The number of hydrogen-bond acceptors (Lipinski definition) is 2. The van der Waals surface area contributed by atoms with Gasteiger partial charge in [-0.05, 0) is 64.4 Å². The fourth-order valence-electron chi connectivity index (χ4n) is 4.68. The van der Waals surface area contributed by atoms with E-state index in [0.717, 1.165) is 38.4 Å². The van der Waals surface area contributed by atoms with Crippen molar-refractivity contribution in [3.8, 4) is 16.8 Å². The maximum absolute atomic E-state index is 5.14. The summed E-state index contributed by atoms with van der Waals surface area (Å²) in [6.45, 7) is 2.04. The van der Waals surface area contributed by atoms with Crippen molar-refractivity contribution in [2.24, 2.45) is 4.99 Å². The van der Waals surface area contributed by atoms with Crippen molar-refractivity contribution in [3.63, 3.8) is 0 Å². The van der Waals surface area contributed by atoms with Gasteiger partial charge in [-0.1, -0.05) is 94.8 Å². The van der Waals surface area contributed by atoms with Crippen molar-refractivity contribution in [1.82, 2.24) is 9.78 Å². The summed E-state index contributed by atoms with van der Waals surface area (Å²) in [7, 11) is 0. The lowest BCUT2D eigenvalue weighted by molar-refractivity contribution is 0.863. The molecule has 0 atom stereocenters. The van der Waals surface area contributed by atoms with Crippen molar-refractivity contribution >= 4 is 49.5 Å². The number of fused-ring (bicyclic) bond motifs is 2. The normalized spacial score (nSPS) is 11.6. The molecular formula is C31H22BrN3. The lowest BCUT2D eigenvalue weighted by atomic mass is 9.97. The largest absolute Gasteiger partial charge is 0.236 e. The van der Waals surface area contributed by atoms with Crippen LogP contribution in [-0.4, -0.2) is 16.0 Å². The number of aromatic nitrogens is 2. The predicted octanol–water partition coefficient (Wildman–Crippen LogP) is 8.67. The zero-order valence-electron chi connectivity index (χ0n) is 19.2. The van der Waals surface area contributed by atoms with Gasteiger partial charge in [-0.2, -0.15) is 5.10 Å². The predicted molar refractivity (Wildman–Crippen MR) is 150 cm³/mol. The van der Waals surface area contributed by atoms with Crippen LogP contribution in [0.3, 0.4) is 0 Å². The Morgan fingerprint density at radius 1 is 0.743 bits per heavy atom. The highest BCUT2D eigenvalue weighted by molar-refractivity contribution is 9.10. The van der Waals surface area contributed by atoms with Crippen LogP contribution in [0, 0.1) is 6.92 Å². The van der Waals surface area contributed by atoms with Gasteiger partial charge in [-0.3, -0.25) is 0 Å². The Hall–Kier alpha value is -4.02. The third-order valence-electron chi connectivity index (χ3n) is 6.28. The van der Waals surface area contributed by atoms with Gasteiger partial charge in [0, 0.05) is 21.8 Å². The minimum absolute atomic E-state index is 0.809. The van der Waals surface area contributed by atoms with Crippen molar-refractivity contribution in [3.05, 3.63) is 125 Å². The van der Waals surface area contributed by atoms with E-state index in [1.165, 1.54) is 21.5 Å². The van der Waals surface area contributed by atoms with E-state index in [2.05, 4.69) is 94.8 Å². The zero-order chi connectivity index (χ0) is 23.8. The number of benzene rings is 5. The molecule has 1 heterocycles. The molecule has 0 aliphatic heterocycles. The molecule has 5 aromatic carbocycles. The van der Waals surface area contributed by atoms with Gasteiger partial charge < -0.3 is 0 Å². The first-order valence-corrected chi connectivity index (χ1v) is 12.3. The summed E-state index contributed by atoms with van der Waals surface area (Å²) in [6, 6.07) is 37.7. The Morgan fingerprint density at radius 2 is 1.40 bits per heavy atom. The fourth-order valence-corrected chi connectivity index (χ4v) is 5.08. The van der Waals surface area contributed by atoms with Gasteiger partial charge in [0.05, 0.1) is 11.4 Å². The molecule has 4 heteroatoms. The average molecular weight is 516 g/mol. The van der Waals surface area contributed by atoms with Gasteiger partial charge in [0.2, 0.25) is 0 Å². The maximum atomic E-state index is 5.14. The summed E-state index contributed by atoms with van der Waals surface area (Å²) in [5.41, 5.74) is 5.12. The molecule has 3 nitrogen and oxygen atoms in total. The van der Waals surface area contributed by atoms with E-state index in [4.69, 9.17) is 10.1 Å². The van der Waals surface area contributed by atoms with Gasteiger partial charge >= 0.3 is 0 Å². The van der Waals surface area contributed by atoms with E-state index in [1.54, 1.807) is 0 Å². The summed E-state index contributed by atoms with van der Waals surface area (Å²) in [4.78, 5) is 5.14. The Labute approximate surface area is 212 Å². The molecule has 0 spiro atoms. The van der Waals surface area contributed by atoms with Crippen molar-refractivity contribution in [2.75, 3.05) is 0 Å². The van der Waals surface area contributed by atoms with E-state index in [1.807, 2.05) is 48.2 Å². The summed E-state index contributed by atoms with van der Waals surface area (Å²) in [5.74, 6) is 0.809. The molecule has 35 heavy (non-hydrogen) atoms. The molecule has 0 aliphatic carbocycles. The van der Waals surface area contributed by atoms with Gasteiger partial charge in [0.25, 0.3) is 0 Å². The summed E-state index contributed by atoms with van der Waals surface area (Å²) in [6.07, 6.45) is 2.00. The Bertz CT molecular complexity index is 1660. The molecule has 0 bridgehead atoms. The minimum atomic E-state index is 0.809. The highest BCUT2D eigenvalue weighted by Gasteiger charge is 2.18. The smallest absolute Gasteiger partial charge is 0.163 e. The Kier molecular flexibility index (Phi) is 5.51. The van der Waals surface area contributed by atoms with E-state index < -0.39 is 0 Å². The summed E-state index contributed by atoms with van der Waals surface area (Å²) < 4.78 is 2.96. The summed E-state index contributed by atoms with van der Waals surface area (Å²) in [5, 5.41) is 9.68. The summed E-state index contributed by atoms with van der Waals surface area (Å²) >= 11 is 3.62. The zero-order valence-corrected chi connectivity index (χ0v) is 20.8. The third-order valence-corrected chi connectivity index (χ3v) is 6.77. The number of nitrogens with zero attached hydrogens (tertiary/aromatic N) is 3. The molecule has 0 saturated carbocycles. The quantitative estimate of drug-likeness (QED) is 0.170. The second kappa shape index (κ2) is 8.97. The number of rotatable bonds is 4. The number of para-hydroxylation sites is 1. The maximum Gasteiger partial charge on any atom is 0.163 e. The van der Waals surface area contributed by atoms with Gasteiger partial charge in [-0.15, -0.1) is 0 Å². The van der Waals surface area contributed by atoms with Gasteiger partial charge in [-0.25, -0.2) is 9.67 Å². The fraction of sp³-hybridized carbons (Fsp3) is 0.0323. The first kappa shape index (κ1) is 21.5. The molecule has 6 rings (SSSR count). The van der Waals surface area contributed by atoms with Crippen LogP contribution in [0.25, 0.3) is 38.4 Å². The monoisotopic (exact) mass is 515 g/mol. The second-order valence-electron chi connectivity index (χ2n) is 8.53. The molecule has 0 amide bonds. The van der Waals surface area contributed by atoms with Crippen LogP contribution in [-0.2, 0) is 0 Å². The number of aryl methyl sites for hydroxylation is 1. The van der Waals surface area contributed by atoms with Crippen LogP contribution in [0.2, 0.25) is 0 Å². The van der Waals surface area contributed by atoms with Crippen LogP contribution in [0.15, 0.2) is 119 Å². The number of hydrogen-bond donors (Lipinski definition) is 0. The van der Waals surface area contributed by atoms with Gasteiger partial charge in [0.15, 0.2) is 5.82 Å². The van der Waals surface area contributed by atoms with E-state index in [0.29, 0.717) is 0 Å². The first-order chi connectivity index (χ1) is 17.2.